The van der Waals surface area contributed by atoms with Crippen molar-refractivity contribution in [1.29, 1.82) is 0 Å². The first-order valence-electron chi connectivity index (χ1n) is 9.40. The number of carbonyl (C=O) groups excluding carboxylic acids is 1. The largest absolute Gasteiger partial charge is 0.406 e. The zero-order valence-corrected chi connectivity index (χ0v) is 15.6. The SMILES string of the molecule is CN(CC(F)(F)F)C(=O)C1CCN(c2ccnc3cnc4c(c23)CCN4)CC1. The summed E-state index contributed by atoms with van der Waals surface area (Å²) in [5.41, 5.74) is 3.05. The molecule has 150 valence electrons. The van der Waals surface area contributed by atoms with E-state index in [2.05, 4.69) is 20.2 Å². The fourth-order valence-corrected chi connectivity index (χ4v) is 4.19. The smallest absolute Gasteiger partial charge is 0.371 e. The highest BCUT2D eigenvalue weighted by Crippen LogP contribution is 2.36. The summed E-state index contributed by atoms with van der Waals surface area (Å²) in [6.07, 6.45) is 1.10. The quantitative estimate of drug-likeness (QED) is 0.869. The van der Waals surface area contributed by atoms with E-state index in [1.54, 1.807) is 12.4 Å². The summed E-state index contributed by atoms with van der Waals surface area (Å²) in [5.74, 6) is 0.0946. The van der Waals surface area contributed by atoms with Crippen LogP contribution in [0.1, 0.15) is 18.4 Å². The van der Waals surface area contributed by atoms with E-state index in [1.165, 1.54) is 7.05 Å². The van der Waals surface area contributed by atoms with Crippen LogP contribution in [0, 0.1) is 5.92 Å². The van der Waals surface area contributed by atoms with Gasteiger partial charge in [0.15, 0.2) is 0 Å². The minimum absolute atomic E-state index is 0.370. The number of hydrogen-bond acceptors (Lipinski definition) is 5. The number of nitrogens with zero attached hydrogens (tertiary/aromatic N) is 4. The molecule has 0 atom stereocenters. The predicted octanol–water partition coefficient (Wildman–Crippen LogP) is 2.83. The van der Waals surface area contributed by atoms with E-state index in [-0.39, 0.29) is 5.92 Å². The van der Waals surface area contributed by atoms with Crippen molar-refractivity contribution < 1.29 is 18.0 Å². The molecule has 6 nitrogen and oxygen atoms in total. The van der Waals surface area contributed by atoms with Gasteiger partial charge in [-0.1, -0.05) is 0 Å². The molecule has 9 heteroatoms. The number of halogens is 3. The molecule has 0 bridgehead atoms. The van der Waals surface area contributed by atoms with Crippen LogP contribution in [0.25, 0.3) is 10.9 Å². The molecule has 0 unspecified atom stereocenters. The van der Waals surface area contributed by atoms with Crippen LogP contribution >= 0.6 is 0 Å². The zero-order chi connectivity index (χ0) is 19.9. The maximum absolute atomic E-state index is 12.6. The van der Waals surface area contributed by atoms with E-state index < -0.39 is 18.6 Å². The van der Waals surface area contributed by atoms with Gasteiger partial charge in [-0.15, -0.1) is 0 Å². The lowest BCUT2D eigenvalue weighted by Crippen LogP contribution is -2.44. The fourth-order valence-electron chi connectivity index (χ4n) is 4.19. The van der Waals surface area contributed by atoms with Crippen LogP contribution in [0.4, 0.5) is 24.7 Å². The highest BCUT2D eigenvalue weighted by Gasteiger charge is 2.35. The van der Waals surface area contributed by atoms with Gasteiger partial charge in [0.05, 0.1) is 11.7 Å². The summed E-state index contributed by atoms with van der Waals surface area (Å²) in [7, 11) is 1.22. The standard InChI is InChI=1S/C19H22F3N5O/c1-26(11-19(20,21)22)18(28)12-4-8-27(9-5-12)15-3-7-23-14-10-25-17-13(16(14)15)2-6-24-17/h3,7,10,12H,2,4-6,8-9,11H2,1H3,(H,24,25). The molecule has 0 aromatic carbocycles. The molecule has 0 spiro atoms. The first-order valence-corrected chi connectivity index (χ1v) is 9.40. The Bertz CT molecular complexity index is 893. The van der Waals surface area contributed by atoms with Crippen LogP contribution in [-0.2, 0) is 11.2 Å². The van der Waals surface area contributed by atoms with Crippen LogP contribution < -0.4 is 10.2 Å². The van der Waals surface area contributed by atoms with Crippen molar-refractivity contribution in [3.63, 3.8) is 0 Å². The third-order valence-electron chi connectivity index (χ3n) is 5.51. The highest BCUT2D eigenvalue weighted by atomic mass is 19.4. The number of pyridine rings is 2. The summed E-state index contributed by atoms with van der Waals surface area (Å²) >= 11 is 0. The molecular formula is C19H22F3N5O. The highest BCUT2D eigenvalue weighted by molar-refractivity contribution is 5.97. The summed E-state index contributed by atoms with van der Waals surface area (Å²) in [5, 5.41) is 4.36. The van der Waals surface area contributed by atoms with E-state index in [9.17, 15) is 18.0 Å². The van der Waals surface area contributed by atoms with Crippen molar-refractivity contribution in [3.8, 4) is 0 Å². The molecule has 2 aliphatic rings. The Kier molecular flexibility index (Phi) is 4.76. The number of amides is 1. The van der Waals surface area contributed by atoms with Crippen LogP contribution in [0.3, 0.4) is 0 Å². The molecular weight excluding hydrogens is 371 g/mol. The second-order valence-electron chi connectivity index (χ2n) is 7.42. The second-order valence-corrected chi connectivity index (χ2v) is 7.42. The van der Waals surface area contributed by atoms with E-state index in [0.717, 1.165) is 45.8 Å². The Balaban J connectivity index is 1.50. The Morgan fingerprint density at radius 2 is 2.07 bits per heavy atom. The van der Waals surface area contributed by atoms with Gasteiger partial charge in [-0.05, 0) is 25.3 Å². The van der Waals surface area contributed by atoms with Crippen LogP contribution in [0.15, 0.2) is 18.5 Å². The van der Waals surface area contributed by atoms with Gasteiger partial charge in [0.25, 0.3) is 0 Å². The summed E-state index contributed by atoms with van der Waals surface area (Å²) in [4.78, 5) is 24.2. The van der Waals surface area contributed by atoms with Crippen molar-refractivity contribution in [2.24, 2.45) is 5.92 Å². The number of alkyl halides is 3. The van der Waals surface area contributed by atoms with E-state index >= 15 is 0 Å². The topological polar surface area (TPSA) is 61.4 Å². The predicted molar refractivity (Wildman–Crippen MR) is 100 cm³/mol. The minimum Gasteiger partial charge on any atom is -0.371 e. The monoisotopic (exact) mass is 393 g/mol. The molecule has 28 heavy (non-hydrogen) atoms. The molecule has 1 amide bonds. The maximum atomic E-state index is 12.6. The summed E-state index contributed by atoms with van der Waals surface area (Å²) < 4.78 is 37.7. The van der Waals surface area contributed by atoms with Crippen molar-refractivity contribution in [2.75, 3.05) is 43.4 Å². The number of carbonyl (C=O) groups is 1. The first-order chi connectivity index (χ1) is 13.3. The van der Waals surface area contributed by atoms with Crippen LogP contribution in [-0.4, -0.2) is 60.2 Å². The van der Waals surface area contributed by atoms with Crippen molar-refractivity contribution in [2.45, 2.75) is 25.4 Å². The van der Waals surface area contributed by atoms with Crippen molar-refractivity contribution in [3.05, 3.63) is 24.0 Å². The van der Waals surface area contributed by atoms with Gasteiger partial charge in [-0.2, -0.15) is 13.2 Å². The lowest BCUT2D eigenvalue weighted by atomic mass is 9.94. The molecule has 4 heterocycles. The van der Waals surface area contributed by atoms with E-state index in [1.807, 2.05) is 6.07 Å². The maximum Gasteiger partial charge on any atom is 0.406 e. The number of rotatable bonds is 3. The number of piperidine rings is 1. The number of aromatic nitrogens is 2. The molecule has 4 rings (SSSR count). The normalized spacial score (nSPS) is 17.5. The number of fused-ring (bicyclic) bond motifs is 3. The molecule has 1 fully saturated rings. The average molecular weight is 393 g/mol. The Morgan fingerprint density at radius 1 is 1.32 bits per heavy atom. The molecule has 2 aromatic heterocycles. The van der Waals surface area contributed by atoms with Gasteiger partial charge >= 0.3 is 6.18 Å². The Morgan fingerprint density at radius 3 is 2.79 bits per heavy atom. The molecule has 0 radical (unpaired) electrons. The molecule has 1 N–H and O–H groups in total. The van der Waals surface area contributed by atoms with Crippen molar-refractivity contribution >= 4 is 28.3 Å². The van der Waals surface area contributed by atoms with Gasteiger partial charge in [0.1, 0.15) is 12.4 Å². The Labute approximate surface area is 160 Å². The fraction of sp³-hybridized carbons (Fsp3) is 0.526. The van der Waals surface area contributed by atoms with Gasteiger partial charge in [-0.25, -0.2) is 4.98 Å². The van der Waals surface area contributed by atoms with Gasteiger partial charge < -0.3 is 15.1 Å². The van der Waals surface area contributed by atoms with Crippen molar-refractivity contribution in [1.82, 2.24) is 14.9 Å². The van der Waals surface area contributed by atoms with E-state index in [0.29, 0.717) is 25.9 Å². The first kappa shape index (κ1) is 18.8. The number of anilines is 2. The molecule has 2 aliphatic heterocycles. The number of nitrogens with one attached hydrogen (secondary N) is 1. The minimum atomic E-state index is -4.37. The lowest BCUT2D eigenvalue weighted by Gasteiger charge is -2.35. The van der Waals surface area contributed by atoms with Gasteiger partial charge in [0, 0.05) is 55.4 Å². The molecule has 0 aliphatic carbocycles. The molecule has 2 aromatic rings. The Hall–Kier alpha value is -2.58. The third-order valence-corrected chi connectivity index (χ3v) is 5.51. The van der Waals surface area contributed by atoms with Gasteiger partial charge in [0.2, 0.25) is 5.91 Å². The number of hydrogen-bond donors (Lipinski definition) is 1. The third kappa shape index (κ3) is 3.57. The zero-order valence-electron chi connectivity index (χ0n) is 15.6. The molecule has 1 saturated heterocycles. The lowest BCUT2D eigenvalue weighted by molar-refractivity contribution is -0.161. The summed E-state index contributed by atoms with van der Waals surface area (Å²) in [6.45, 7) is 0.894. The molecule has 0 saturated carbocycles. The second kappa shape index (κ2) is 7.10. The van der Waals surface area contributed by atoms with Crippen LogP contribution in [0.2, 0.25) is 0 Å². The van der Waals surface area contributed by atoms with E-state index in [4.69, 9.17) is 0 Å². The van der Waals surface area contributed by atoms with Gasteiger partial charge in [-0.3, -0.25) is 9.78 Å². The summed E-state index contributed by atoms with van der Waals surface area (Å²) in [6, 6.07) is 1.97. The average Bonchev–Trinajstić information content (AvgIpc) is 3.15. The van der Waals surface area contributed by atoms with Crippen LogP contribution in [0.5, 0.6) is 0 Å².